The maximum atomic E-state index is 13.2. The molecule has 1 aliphatic carbocycles. The fourth-order valence-corrected chi connectivity index (χ4v) is 4.04. The molecule has 3 rings (SSSR count). The number of nitrogens with zero attached hydrogens (tertiary/aromatic N) is 1. The van der Waals surface area contributed by atoms with Crippen LogP contribution in [0, 0.1) is 11.8 Å². The summed E-state index contributed by atoms with van der Waals surface area (Å²) in [7, 11) is 0. The highest BCUT2D eigenvalue weighted by Gasteiger charge is 2.47. The minimum atomic E-state index is -2.55. The van der Waals surface area contributed by atoms with Gasteiger partial charge in [-0.3, -0.25) is 4.79 Å². The molecule has 5 heteroatoms. The molecule has 3 atom stereocenters. The molecule has 3 aliphatic rings. The minimum absolute atomic E-state index is 0.124. The number of hydrogen-bond acceptors (Lipinski definition) is 2. The first kappa shape index (κ1) is 13.3. The van der Waals surface area contributed by atoms with E-state index in [0.717, 1.165) is 19.5 Å². The maximum absolute atomic E-state index is 13.2. The molecule has 3 nitrogen and oxygen atoms in total. The molecular formula is C14H22F2N2O. The smallest absolute Gasteiger partial charge is 0.248 e. The van der Waals surface area contributed by atoms with Gasteiger partial charge in [-0.25, -0.2) is 8.78 Å². The van der Waals surface area contributed by atoms with E-state index >= 15 is 0 Å². The Morgan fingerprint density at radius 2 is 1.95 bits per heavy atom. The second kappa shape index (κ2) is 4.69. The van der Waals surface area contributed by atoms with Crippen molar-refractivity contribution in [3.05, 3.63) is 0 Å². The van der Waals surface area contributed by atoms with Gasteiger partial charge >= 0.3 is 0 Å². The molecular weight excluding hydrogens is 250 g/mol. The van der Waals surface area contributed by atoms with Crippen LogP contribution in [0.15, 0.2) is 0 Å². The third kappa shape index (κ3) is 2.37. The highest BCUT2D eigenvalue weighted by molar-refractivity contribution is 5.80. The number of carbonyl (C=O) groups is 1. The normalized spacial score (nSPS) is 38.5. The number of amides is 1. The van der Waals surface area contributed by atoms with Crippen molar-refractivity contribution in [1.29, 1.82) is 0 Å². The average molecular weight is 272 g/mol. The van der Waals surface area contributed by atoms with Crippen molar-refractivity contribution in [1.82, 2.24) is 10.2 Å². The van der Waals surface area contributed by atoms with Crippen molar-refractivity contribution < 1.29 is 13.6 Å². The lowest BCUT2D eigenvalue weighted by atomic mass is 9.85. The molecule has 2 aliphatic heterocycles. The Morgan fingerprint density at radius 1 is 1.26 bits per heavy atom. The van der Waals surface area contributed by atoms with E-state index in [9.17, 15) is 13.6 Å². The average Bonchev–Trinajstić information content (AvgIpc) is 2.87. The van der Waals surface area contributed by atoms with Gasteiger partial charge in [0, 0.05) is 43.9 Å². The van der Waals surface area contributed by atoms with Gasteiger partial charge in [0.2, 0.25) is 11.8 Å². The van der Waals surface area contributed by atoms with Gasteiger partial charge in [-0.2, -0.15) is 0 Å². The molecule has 0 bridgehead atoms. The van der Waals surface area contributed by atoms with E-state index < -0.39 is 5.92 Å². The summed E-state index contributed by atoms with van der Waals surface area (Å²) >= 11 is 0. The molecule has 19 heavy (non-hydrogen) atoms. The fraction of sp³-hybridized carbons (Fsp3) is 0.929. The second-order valence-electron chi connectivity index (χ2n) is 6.45. The summed E-state index contributed by atoms with van der Waals surface area (Å²) < 4.78 is 26.4. The van der Waals surface area contributed by atoms with Crippen LogP contribution < -0.4 is 5.32 Å². The van der Waals surface area contributed by atoms with Crippen LogP contribution in [0.2, 0.25) is 0 Å². The summed E-state index contributed by atoms with van der Waals surface area (Å²) in [4.78, 5) is 14.6. The number of fused-ring (bicyclic) bond motifs is 1. The van der Waals surface area contributed by atoms with E-state index in [1.165, 1.54) is 0 Å². The van der Waals surface area contributed by atoms with Gasteiger partial charge in [-0.15, -0.1) is 0 Å². The van der Waals surface area contributed by atoms with Crippen molar-refractivity contribution in [2.24, 2.45) is 11.8 Å². The molecule has 0 aromatic heterocycles. The summed E-state index contributed by atoms with van der Waals surface area (Å²) in [5, 5.41) is 3.33. The van der Waals surface area contributed by atoms with Crippen molar-refractivity contribution in [2.75, 3.05) is 13.1 Å². The summed E-state index contributed by atoms with van der Waals surface area (Å²) in [5.41, 5.74) is 0. The Hall–Kier alpha value is -0.710. The molecule has 2 saturated heterocycles. The molecule has 2 heterocycles. The lowest BCUT2D eigenvalue weighted by molar-refractivity contribution is -0.142. The fourth-order valence-electron chi connectivity index (χ4n) is 4.04. The summed E-state index contributed by atoms with van der Waals surface area (Å²) in [6, 6.07) is 0.567. The largest absolute Gasteiger partial charge is 0.335 e. The summed E-state index contributed by atoms with van der Waals surface area (Å²) in [6.45, 7) is 3.94. The lowest BCUT2D eigenvalue weighted by Crippen LogP contribution is -2.47. The quantitative estimate of drug-likeness (QED) is 0.792. The Bertz CT molecular complexity index is 364. The zero-order valence-electron chi connectivity index (χ0n) is 11.4. The van der Waals surface area contributed by atoms with Gasteiger partial charge in [0.05, 0.1) is 0 Å². The summed E-state index contributed by atoms with van der Waals surface area (Å²) in [6.07, 6.45) is 1.49. The Morgan fingerprint density at radius 3 is 2.63 bits per heavy atom. The number of hydrogen-bond donors (Lipinski definition) is 1. The Balaban J connectivity index is 1.67. The van der Waals surface area contributed by atoms with Crippen LogP contribution in [-0.4, -0.2) is 41.9 Å². The molecule has 1 N–H and O–H groups in total. The number of halogens is 2. The summed E-state index contributed by atoms with van der Waals surface area (Å²) in [5.74, 6) is -2.05. The standard InChI is InChI=1S/C14H22F2N2O/c1-9-6-11-7-17-8-12(11)18(9)13(19)10-2-4-14(15,16)5-3-10/h9-12,17H,2-8H2,1H3. The van der Waals surface area contributed by atoms with Crippen molar-refractivity contribution in [2.45, 2.75) is 57.0 Å². The van der Waals surface area contributed by atoms with E-state index in [-0.39, 0.29) is 30.7 Å². The minimum Gasteiger partial charge on any atom is -0.335 e. The highest BCUT2D eigenvalue weighted by Crippen LogP contribution is 2.39. The highest BCUT2D eigenvalue weighted by atomic mass is 19.3. The number of rotatable bonds is 1. The topological polar surface area (TPSA) is 32.3 Å². The van der Waals surface area contributed by atoms with Gasteiger partial charge in [0.15, 0.2) is 0 Å². The van der Waals surface area contributed by atoms with Crippen LogP contribution in [0.5, 0.6) is 0 Å². The molecule has 0 radical (unpaired) electrons. The van der Waals surface area contributed by atoms with Gasteiger partial charge in [-0.1, -0.05) is 0 Å². The van der Waals surface area contributed by atoms with E-state index in [2.05, 4.69) is 12.2 Å². The second-order valence-corrected chi connectivity index (χ2v) is 6.45. The first-order chi connectivity index (χ1) is 8.98. The number of carbonyl (C=O) groups excluding carboxylic acids is 1. The molecule has 1 amide bonds. The third-order valence-corrected chi connectivity index (χ3v) is 5.10. The zero-order valence-corrected chi connectivity index (χ0v) is 11.4. The maximum Gasteiger partial charge on any atom is 0.248 e. The van der Waals surface area contributed by atoms with Crippen LogP contribution in [0.3, 0.4) is 0 Å². The number of nitrogens with one attached hydrogen (secondary N) is 1. The van der Waals surface area contributed by atoms with Crippen molar-refractivity contribution in [3.63, 3.8) is 0 Å². The molecule has 108 valence electrons. The zero-order chi connectivity index (χ0) is 13.6. The van der Waals surface area contributed by atoms with Crippen LogP contribution in [-0.2, 0) is 4.79 Å². The lowest BCUT2D eigenvalue weighted by Gasteiger charge is -2.34. The van der Waals surface area contributed by atoms with E-state index in [1.807, 2.05) is 4.90 Å². The van der Waals surface area contributed by atoms with E-state index in [4.69, 9.17) is 0 Å². The van der Waals surface area contributed by atoms with Gasteiger partial charge < -0.3 is 10.2 Å². The molecule has 0 aromatic rings. The SMILES string of the molecule is CC1CC2CNCC2N1C(=O)C1CCC(F)(F)CC1. The predicted octanol–water partition coefficient (Wildman–Crippen LogP) is 2.02. The van der Waals surface area contributed by atoms with Crippen LogP contribution in [0.25, 0.3) is 0 Å². The van der Waals surface area contributed by atoms with E-state index in [1.54, 1.807) is 0 Å². The monoisotopic (exact) mass is 272 g/mol. The molecule has 0 aromatic carbocycles. The number of likely N-dealkylation sites (tertiary alicyclic amines) is 1. The molecule has 3 fully saturated rings. The van der Waals surface area contributed by atoms with Crippen LogP contribution >= 0.6 is 0 Å². The first-order valence-electron chi connectivity index (χ1n) is 7.39. The Kier molecular flexibility index (Phi) is 3.28. The molecule has 1 saturated carbocycles. The van der Waals surface area contributed by atoms with Gasteiger partial charge in [-0.05, 0) is 32.1 Å². The van der Waals surface area contributed by atoms with Crippen molar-refractivity contribution in [3.8, 4) is 0 Å². The van der Waals surface area contributed by atoms with Crippen LogP contribution in [0.4, 0.5) is 8.78 Å². The van der Waals surface area contributed by atoms with Gasteiger partial charge in [0.1, 0.15) is 0 Å². The van der Waals surface area contributed by atoms with Crippen LogP contribution in [0.1, 0.15) is 39.0 Å². The molecule has 0 spiro atoms. The first-order valence-corrected chi connectivity index (χ1v) is 7.39. The Labute approximate surface area is 112 Å². The van der Waals surface area contributed by atoms with Crippen molar-refractivity contribution >= 4 is 5.91 Å². The predicted molar refractivity (Wildman–Crippen MR) is 68.0 cm³/mol. The molecule has 3 unspecified atom stereocenters. The van der Waals surface area contributed by atoms with E-state index in [0.29, 0.717) is 24.8 Å². The third-order valence-electron chi connectivity index (χ3n) is 5.10. The van der Waals surface area contributed by atoms with Gasteiger partial charge in [0.25, 0.3) is 0 Å². The number of alkyl halides is 2.